The lowest BCUT2D eigenvalue weighted by Gasteiger charge is -2.10. The van der Waals surface area contributed by atoms with Crippen LogP contribution in [0.5, 0.6) is 0 Å². The zero-order valence-electron chi connectivity index (χ0n) is 8.86. The second-order valence-corrected chi connectivity index (χ2v) is 3.88. The van der Waals surface area contributed by atoms with Gasteiger partial charge in [0.05, 0.1) is 0 Å². The third-order valence-electron chi connectivity index (χ3n) is 2.87. The largest absolute Gasteiger partial charge is 0.456 e. The minimum atomic E-state index is -0.0223. The van der Waals surface area contributed by atoms with E-state index in [0.717, 1.165) is 22.1 Å². The summed E-state index contributed by atoms with van der Waals surface area (Å²) in [6, 6.07) is 12.8. The third-order valence-corrected chi connectivity index (χ3v) is 2.87. The number of hydrogen-bond acceptors (Lipinski definition) is 2. The Kier molecular flexibility index (Phi) is 1.83. The molecule has 0 aromatic heterocycles. The second-order valence-electron chi connectivity index (χ2n) is 3.88. The summed E-state index contributed by atoms with van der Waals surface area (Å²) in [5, 5.41) is 1.09. The van der Waals surface area contributed by atoms with E-state index in [4.69, 9.17) is 4.42 Å². The maximum Gasteiger partial charge on any atom is 0.182 e. The molecule has 1 heterocycles. The van der Waals surface area contributed by atoms with Crippen LogP contribution in [0.25, 0.3) is 22.3 Å². The van der Waals surface area contributed by atoms with Crippen LogP contribution in [0.3, 0.4) is 0 Å². The minimum Gasteiger partial charge on any atom is -0.456 e. The smallest absolute Gasteiger partial charge is 0.182 e. The van der Waals surface area contributed by atoms with Crippen molar-refractivity contribution in [2.75, 3.05) is 0 Å². The predicted octanol–water partition coefficient (Wildman–Crippen LogP) is 3.21. The molecule has 0 atom stereocenters. The molecule has 1 aliphatic heterocycles. The van der Waals surface area contributed by atoms with Gasteiger partial charge < -0.3 is 4.42 Å². The SMILES string of the molecule is Cc1c2ccc(=O)cc-2oc2ccccc12. The van der Waals surface area contributed by atoms with Gasteiger partial charge in [-0.2, -0.15) is 0 Å². The molecular weight excluding hydrogens is 200 g/mol. The molecule has 1 aliphatic carbocycles. The highest BCUT2D eigenvalue weighted by molar-refractivity contribution is 5.87. The van der Waals surface area contributed by atoms with Gasteiger partial charge in [-0.15, -0.1) is 0 Å². The first kappa shape index (κ1) is 9.16. The Hall–Kier alpha value is -2.09. The molecule has 0 amide bonds. The summed E-state index contributed by atoms with van der Waals surface area (Å²) >= 11 is 0. The molecule has 0 radical (unpaired) electrons. The molecule has 2 nitrogen and oxygen atoms in total. The summed E-state index contributed by atoms with van der Waals surface area (Å²) in [7, 11) is 0. The Morgan fingerprint density at radius 3 is 2.75 bits per heavy atom. The monoisotopic (exact) mass is 210 g/mol. The van der Waals surface area contributed by atoms with E-state index in [1.807, 2.05) is 37.3 Å². The molecule has 0 spiro atoms. The lowest BCUT2D eigenvalue weighted by molar-refractivity contribution is 0.617. The number of fused-ring (bicyclic) bond motifs is 2. The van der Waals surface area contributed by atoms with Crippen LogP contribution < -0.4 is 5.43 Å². The topological polar surface area (TPSA) is 30.2 Å². The molecule has 78 valence electrons. The van der Waals surface area contributed by atoms with E-state index >= 15 is 0 Å². The van der Waals surface area contributed by atoms with Gasteiger partial charge in [-0.25, -0.2) is 0 Å². The molecule has 2 aliphatic rings. The Labute approximate surface area is 92.5 Å². The summed E-state index contributed by atoms with van der Waals surface area (Å²) in [5.41, 5.74) is 2.94. The van der Waals surface area contributed by atoms with Crippen molar-refractivity contribution in [3.05, 3.63) is 58.3 Å². The quantitative estimate of drug-likeness (QED) is 0.533. The number of rotatable bonds is 0. The fourth-order valence-corrected chi connectivity index (χ4v) is 2.03. The van der Waals surface area contributed by atoms with Gasteiger partial charge in [0.25, 0.3) is 0 Å². The first-order valence-electron chi connectivity index (χ1n) is 5.18. The van der Waals surface area contributed by atoms with Crippen LogP contribution in [0.2, 0.25) is 0 Å². The van der Waals surface area contributed by atoms with E-state index in [1.54, 1.807) is 6.07 Å². The van der Waals surface area contributed by atoms with E-state index in [2.05, 4.69) is 0 Å². The van der Waals surface area contributed by atoms with Crippen molar-refractivity contribution in [1.29, 1.82) is 0 Å². The maximum absolute atomic E-state index is 11.3. The van der Waals surface area contributed by atoms with Crippen molar-refractivity contribution >= 4 is 11.0 Å². The van der Waals surface area contributed by atoms with Crippen LogP contribution in [0.1, 0.15) is 5.56 Å². The Balaban J connectivity index is 2.56. The van der Waals surface area contributed by atoms with Crippen molar-refractivity contribution in [1.82, 2.24) is 0 Å². The number of hydrogen-bond donors (Lipinski definition) is 0. The molecule has 16 heavy (non-hydrogen) atoms. The van der Waals surface area contributed by atoms with Crippen LogP contribution in [-0.4, -0.2) is 0 Å². The van der Waals surface area contributed by atoms with Crippen LogP contribution in [0.15, 0.2) is 51.7 Å². The van der Waals surface area contributed by atoms with E-state index in [1.165, 1.54) is 6.07 Å². The number of aryl methyl sites for hydroxylation is 1. The Bertz CT molecular complexity index is 695. The highest BCUT2D eigenvalue weighted by atomic mass is 16.3. The Morgan fingerprint density at radius 1 is 1.06 bits per heavy atom. The zero-order chi connectivity index (χ0) is 11.1. The van der Waals surface area contributed by atoms with E-state index in [9.17, 15) is 4.79 Å². The van der Waals surface area contributed by atoms with Gasteiger partial charge in [0.1, 0.15) is 11.3 Å². The third kappa shape index (κ3) is 1.23. The zero-order valence-corrected chi connectivity index (χ0v) is 8.86. The summed E-state index contributed by atoms with van der Waals surface area (Å²) < 4.78 is 5.71. The van der Waals surface area contributed by atoms with Gasteiger partial charge in [-0.3, -0.25) is 4.79 Å². The normalized spacial score (nSPS) is 11.1. The summed E-state index contributed by atoms with van der Waals surface area (Å²) in [5.74, 6) is 0.656. The molecule has 0 unspecified atom stereocenters. The standard InChI is InChI=1S/C14H10O2/c1-9-11-4-2-3-5-13(11)16-14-8-10(15)6-7-12(9)14/h2-8H,1H3. The first-order chi connectivity index (χ1) is 7.75. The fourth-order valence-electron chi connectivity index (χ4n) is 2.03. The maximum atomic E-state index is 11.3. The molecule has 0 saturated heterocycles. The van der Waals surface area contributed by atoms with Crippen LogP contribution in [0.4, 0.5) is 0 Å². The van der Waals surface area contributed by atoms with E-state index in [-0.39, 0.29) is 5.43 Å². The molecule has 3 rings (SSSR count). The van der Waals surface area contributed by atoms with Crippen LogP contribution in [-0.2, 0) is 0 Å². The molecule has 1 aromatic rings. The Morgan fingerprint density at radius 2 is 1.88 bits per heavy atom. The van der Waals surface area contributed by atoms with Gasteiger partial charge in [0.2, 0.25) is 0 Å². The van der Waals surface area contributed by atoms with Gasteiger partial charge >= 0.3 is 0 Å². The average molecular weight is 210 g/mol. The van der Waals surface area contributed by atoms with Crippen LogP contribution >= 0.6 is 0 Å². The molecule has 0 fully saturated rings. The summed E-state index contributed by atoms with van der Waals surface area (Å²) in [6.07, 6.45) is 0. The lowest BCUT2D eigenvalue weighted by Crippen LogP contribution is -1.99. The van der Waals surface area contributed by atoms with Crippen molar-refractivity contribution in [3.63, 3.8) is 0 Å². The van der Waals surface area contributed by atoms with Crippen LogP contribution in [0, 0.1) is 6.92 Å². The fraction of sp³-hybridized carbons (Fsp3) is 0.0714. The molecule has 0 N–H and O–H groups in total. The first-order valence-corrected chi connectivity index (χ1v) is 5.18. The van der Waals surface area contributed by atoms with Gasteiger partial charge in [0, 0.05) is 17.0 Å². The lowest BCUT2D eigenvalue weighted by atomic mass is 10.0. The van der Waals surface area contributed by atoms with E-state index in [0.29, 0.717) is 5.76 Å². The summed E-state index contributed by atoms with van der Waals surface area (Å²) in [6.45, 7) is 2.05. The van der Waals surface area contributed by atoms with Crippen molar-refractivity contribution in [2.45, 2.75) is 6.92 Å². The summed E-state index contributed by atoms with van der Waals surface area (Å²) in [4.78, 5) is 11.3. The molecular formula is C14H10O2. The average Bonchev–Trinajstić information content (AvgIpc) is 2.29. The molecule has 0 saturated carbocycles. The van der Waals surface area contributed by atoms with Crippen molar-refractivity contribution in [2.24, 2.45) is 0 Å². The van der Waals surface area contributed by atoms with Crippen molar-refractivity contribution < 1.29 is 4.42 Å². The second kappa shape index (κ2) is 3.20. The number of benzene rings is 2. The van der Waals surface area contributed by atoms with Crippen molar-refractivity contribution in [3.8, 4) is 11.3 Å². The minimum absolute atomic E-state index is 0.0223. The highest BCUT2D eigenvalue weighted by Gasteiger charge is 2.11. The van der Waals surface area contributed by atoms with E-state index < -0.39 is 0 Å². The van der Waals surface area contributed by atoms with Gasteiger partial charge in [-0.1, -0.05) is 18.2 Å². The molecule has 2 heteroatoms. The predicted molar refractivity (Wildman–Crippen MR) is 63.8 cm³/mol. The van der Waals surface area contributed by atoms with Gasteiger partial charge in [-0.05, 0) is 30.7 Å². The number of para-hydroxylation sites is 1. The highest BCUT2D eigenvalue weighted by Crippen LogP contribution is 2.31. The van der Waals surface area contributed by atoms with Gasteiger partial charge in [0.15, 0.2) is 5.43 Å². The molecule has 1 aromatic carbocycles. The molecule has 0 bridgehead atoms.